The highest BCUT2D eigenvalue weighted by Gasteiger charge is 2.19. The van der Waals surface area contributed by atoms with Crippen LogP contribution in [0.3, 0.4) is 0 Å². The molecule has 6 heteroatoms. The van der Waals surface area contributed by atoms with E-state index in [1.807, 2.05) is 0 Å². The quantitative estimate of drug-likeness (QED) is 0.294. The first-order valence-electron chi connectivity index (χ1n) is 2.93. The Balaban J connectivity index is 0.000000218. The molecule has 11 heavy (non-hydrogen) atoms. The number of nitrogens with zero attached hydrogens (tertiary/aromatic N) is 1. The summed E-state index contributed by atoms with van der Waals surface area (Å²) in [5, 5.41) is 8.81. The molecule has 1 atom stereocenters. The van der Waals surface area contributed by atoms with Crippen LogP contribution in [-0.2, 0) is 9.47 Å². The molecule has 0 N–H and O–H groups in total. The average Bonchev–Trinajstić information content (AvgIpc) is 2.13. The normalized spacial score (nSPS) is 20.9. The van der Waals surface area contributed by atoms with Crippen molar-refractivity contribution in [1.82, 2.24) is 0 Å². The maximum Gasteiger partial charge on any atom is 0.508 e. The number of cyclic esters (lactones) is 2. The summed E-state index contributed by atoms with van der Waals surface area (Å²) in [6, 6.07) is 0. The van der Waals surface area contributed by atoms with Crippen LogP contribution in [0.15, 0.2) is 0 Å². The Bertz CT molecular complexity index is 153. The molecule has 0 amide bonds. The molecule has 0 saturated carbocycles. The third-order valence-corrected chi connectivity index (χ3v) is 0.733. The summed E-state index contributed by atoms with van der Waals surface area (Å²) in [5.41, 5.74) is 0. The van der Waals surface area contributed by atoms with Crippen LogP contribution in [0.4, 0.5) is 4.79 Å². The van der Waals surface area contributed by atoms with Crippen molar-refractivity contribution >= 4 is 6.16 Å². The van der Waals surface area contributed by atoms with Crippen molar-refractivity contribution < 1.29 is 19.2 Å². The van der Waals surface area contributed by atoms with Crippen LogP contribution in [0.25, 0.3) is 0 Å². The minimum absolute atomic E-state index is 0.0486. The molecule has 1 aliphatic rings. The summed E-state index contributed by atoms with van der Waals surface area (Å²) in [4.78, 5) is 18.3. The molecule has 1 aliphatic heterocycles. The Labute approximate surface area is 63.2 Å². The Kier molecular flexibility index (Phi) is 3.94. The maximum absolute atomic E-state index is 10.0. The predicted octanol–water partition coefficient (Wildman–Crippen LogP) is 0.435. The van der Waals surface area contributed by atoms with Crippen LogP contribution in [0.1, 0.15) is 6.92 Å². The zero-order valence-electron chi connectivity index (χ0n) is 6.27. The molecule has 0 aromatic heterocycles. The van der Waals surface area contributed by atoms with Crippen molar-refractivity contribution in [3.05, 3.63) is 10.1 Å². The van der Waals surface area contributed by atoms with Crippen LogP contribution in [0.5, 0.6) is 0 Å². The fraction of sp³-hybridized carbons (Fsp3) is 0.800. The summed E-state index contributed by atoms with van der Waals surface area (Å²) in [5.74, 6) is 0. The van der Waals surface area contributed by atoms with Gasteiger partial charge in [-0.1, -0.05) is 0 Å². The molecular weight excluding hydrogens is 154 g/mol. The van der Waals surface area contributed by atoms with Gasteiger partial charge in [0.2, 0.25) is 0 Å². The number of carbonyl (C=O) groups excluding carboxylic acids is 1. The molecule has 0 spiro atoms. The zero-order chi connectivity index (χ0) is 8.85. The van der Waals surface area contributed by atoms with Crippen LogP contribution < -0.4 is 0 Å². The molecule has 1 unspecified atom stereocenters. The van der Waals surface area contributed by atoms with E-state index in [0.29, 0.717) is 6.61 Å². The lowest BCUT2D eigenvalue weighted by Crippen LogP contribution is -2.01. The van der Waals surface area contributed by atoms with Crippen molar-refractivity contribution in [3.63, 3.8) is 0 Å². The third-order valence-electron chi connectivity index (χ3n) is 0.733. The fourth-order valence-electron chi connectivity index (χ4n) is 0.418. The number of rotatable bonds is 0. The van der Waals surface area contributed by atoms with Crippen molar-refractivity contribution in [2.45, 2.75) is 13.0 Å². The largest absolute Gasteiger partial charge is 0.508 e. The highest BCUT2D eigenvalue weighted by Crippen LogP contribution is 2.02. The van der Waals surface area contributed by atoms with E-state index in [4.69, 9.17) is 10.1 Å². The summed E-state index contributed by atoms with van der Waals surface area (Å²) in [7, 11) is 0.889. The molecule has 0 aromatic carbocycles. The zero-order valence-corrected chi connectivity index (χ0v) is 6.27. The van der Waals surface area contributed by atoms with E-state index in [9.17, 15) is 4.79 Å². The number of nitro groups is 1. The second-order valence-electron chi connectivity index (χ2n) is 1.93. The van der Waals surface area contributed by atoms with Gasteiger partial charge in [0.25, 0.3) is 0 Å². The minimum atomic E-state index is -0.549. The van der Waals surface area contributed by atoms with Crippen LogP contribution in [0, 0.1) is 10.1 Å². The van der Waals surface area contributed by atoms with Crippen LogP contribution in [0.2, 0.25) is 0 Å². The molecular formula is C5H9NO5. The predicted molar refractivity (Wildman–Crippen MR) is 34.8 cm³/mol. The first-order chi connectivity index (χ1) is 5.02. The van der Waals surface area contributed by atoms with E-state index in [-0.39, 0.29) is 6.10 Å². The highest BCUT2D eigenvalue weighted by atomic mass is 16.8. The molecule has 0 aromatic rings. The van der Waals surface area contributed by atoms with Gasteiger partial charge in [-0.3, -0.25) is 10.1 Å². The molecule has 6 nitrogen and oxygen atoms in total. The number of ether oxygens (including phenoxy) is 2. The molecule has 0 bridgehead atoms. The third kappa shape index (κ3) is 6.56. The lowest BCUT2D eigenvalue weighted by molar-refractivity contribution is -0.445. The van der Waals surface area contributed by atoms with E-state index in [0.717, 1.165) is 7.05 Å². The fourth-order valence-corrected chi connectivity index (χ4v) is 0.418. The summed E-state index contributed by atoms with van der Waals surface area (Å²) in [6.07, 6.45) is -0.597. The van der Waals surface area contributed by atoms with E-state index < -0.39 is 11.1 Å². The summed E-state index contributed by atoms with van der Waals surface area (Å²) < 4.78 is 8.90. The van der Waals surface area contributed by atoms with Gasteiger partial charge < -0.3 is 9.47 Å². The Hall–Kier alpha value is -1.33. The standard InChI is InChI=1S/C4H6O3.CH3NO2/c1-3-2-6-4(5)7-3;1-2(3)4/h3H,2H2,1H3;1H3. The van der Waals surface area contributed by atoms with Crippen molar-refractivity contribution in [2.24, 2.45) is 0 Å². The first kappa shape index (κ1) is 9.67. The van der Waals surface area contributed by atoms with Gasteiger partial charge in [0.1, 0.15) is 12.7 Å². The second-order valence-corrected chi connectivity index (χ2v) is 1.93. The monoisotopic (exact) mass is 163 g/mol. The van der Waals surface area contributed by atoms with E-state index >= 15 is 0 Å². The molecule has 1 rings (SSSR count). The van der Waals surface area contributed by atoms with Crippen LogP contribution >= 0.6 is 0 Å². The number of hydrogen-bond acceptors (Lipinski definition) is 5. The van der Waals surface area contributed by atoms with Crippen molar-refractivity contribution in [2.75, 3.05) is 13.7 Å². The van der Waals surface area contributed by atoms with Gasteiger partial charge in [0.05, 0.1) is 0 Å². The molecule has 1 saturated heterocycles. The molecule has 0 aliphatic carbocycles. The van der Waals surface area contributed by atoms with Gasteiger partial charge in [-0.25, -0.2) is 4.79 Å². The van der Waals surface area contributed by atoms with Gasteiger partial charge in [-0.05, 0) is 6.92 Å². The molecule has 1 heterocycles. The minimum Gasteiger partial charge on any atom is -0.430 e. The van der Waals surface area contributed by atoms with Gasteiger partial charge in [0, 0.05) is 4.92 Å². The average molecular weight is 163 g/mol. The van der Waals surface area contributed by atoms with E-state index in [1.165, 1.54) is 0 Å². The lowest BCUT2D eigenvalue weighted by atomic mass is 10.5. The molecule has 1 fully saturated rings. The summed E-state index contributed by atoms with van der Waals surface area (Å²) >= 11 is 0. The smallest absolute Gasteiger partial charge is 0.430 e. The van der Waals surface area contributed by atoms with Crippen molar-refractivity contribution in [3.8, 4) is 0 Å². The van der Waals surface area contributed by atoms with Crippen molar-refractivity contribution in [1.29, 1.82) is 0 Å². The molecule has 64 valence electrons. The lowest BCUT2D eigenvalue weighted by Gasteiger charge is -1.90. The Morgan fingerprint density at radius 2 is 2.18 bits per heavy atom. The van der Waals surface area contributed by atoms with E-state index in [2.05, 4.69) is 9.47 Å². The number of carbonyl (C=O) groups is 1. The van der Waals surface area contributed by atoms with Gasteiger partial charge in [-0.2, -0.15) is 0 Å². The van der Waals surface area contributed by atoms with Crippen LogP contribution in [-0.4, -0.2) is 30.8 Å². The maximum atomic E-state index is 10.0. The Morgan fingerprint density at radius 3 is 2.27 bits per heavy atom. The molecule has 0 radical (unpaired) electrons. The SMILES string of the molecule is CC1COC(=O)O1.C[N+](=O)[O-]. The van der Waals surface area contributed by atoms with Gasteiger partial charge >= 0.3 is 6.16 Å². The van der Waals surface area contributed by atoms with Gasteiger partial charge in [0.15, 0.2) is 7.05 Å². The first-order valence-corrected chi connectivity index (χ1v) is 2.93. The Morgan fingerprint density at radius 1 is 1.73 bits per heavy atom. The number of hydrogen-bond donors (Lipinski definition) is 0. The highest BCUT2D eigenvalue weighted by molar-refractivity contribution is 5.61. The second kappa shape index (κ2) is 4.48. The summed E-state index contributed by atoms with van der Waals surface area (Å²) in [6.45, 7) is 2.18. The van der Waals surface area contributed by atoms with E-state index in [1.54, 1.807) is 6.92 Å². The van der Waals surface area contributed by atoms with Gasteiger partial charge in [-0.15, -0.1) is 0 Å². The topological polar surface area (TPSA) is 78.7 Å².